The van der Waals surface area contributed by atoms with Crippen molar-refractivity contribution in [1.29, 1.82) is 0 Å². The molecule has 0 radical (unpaired) electrons. The summed E-state index contributed by atoms with van der Waals surface area (Å²) in [5.74, 6) is -0.890. The third kappa shape index (κ3) is 2.74. The fourth-order valence-electron chi connectivity index (χ4n) is 1.69. The normalized spacial score (nSPS) is 11.8. The number of aryl methyl sites for hydroxylation is 1. The van der Waals surface area contributed by atoms with E-state index in [1.165, 1.54) is 6.07 Å². The molecular formula is C12H11F4N3. The average molecular weight is 273 g/mol. The highest BCUT2D eigenvalue weighted by Crippen LogP contribution is 2.34. The van der Waals surface area contributed by atoms with Crippen molar-refractivity contribution in [2.75, 3.05) is 0 Å². The van der Waals surface area contributed by atoms with Crippen LogP contribution >= 0.6 is 0 Å². The van der Waals surface area contributed by atoms with Crippen LogP contribution in [0.15, 0.2) is 18.2 Å². The summed E-state index contributed by atoms with van der Waals surface area (Å²) in [6, 6.07) is 3.05. The SMILES string of the molecule is CCCc1nc(-c2cccc(C(F)(F)F)c2F)n[nH]1. The van der Waals surface area contributed by atoms with E-state index in [9.17, 15) is 17.6 Å². The van der Waals surface area contributed by atoms with E-state index in [1.54, 1.807) is 0 Å². The van der Waals surface area contributed by atoms with Crippen LogP contribution in [-0.2, 0) is 12.6 Å². The summed E-state index contributed by atoms with van der Waals surface area (Å²) in [4.78, 5) is 3.98. The van der Waals surface area contributed by atoms with E-state index in [-0.39, 0.29) is 11.4 Å². The summed E-state index contributed by atoms with van der Waals surface area (Å²) in [5.41, 5.74) is -1.57. The summed E-state index contributed by atoms with van der Waals surface area (Å²) in [7, 11) is 0. The van der Waals surface area contributed by atoms with Crippen LogP contribution in [-0.4, -0.2) is 15.2 Å². The van der Waals surface area contributed by atoms with Gasteiger partial charge in [0.1, 0.15) is 11.6 Å². The number of H-pyrrole nitrogens is 1. The van der Waals surface area contributed by atoms with Crippen molar-refractivity contribution in [2.45, 2.75) is 25.9 Å². The largest absolute Gasteiger partial charge is 0.419 e. The van der Waals surface area contributed by atoms with Crippen molar-refractivity contribution >= 4 is 0 Å². The summed E-state index contributed by atoms with van der Waals surface area (Å²) < 4.78 is 51.6. The van der Waals surface area contributed by atoms with Crippen LogP contribution in [0.2, 0.25) is 0 Å². The van der Waals surface area contributed by atoms with E-state index < -0.39 is 17.6 Å². The Morgan fingerprint density at radius 2 is 2.00 bits per heavy atom. The maximum absolute atomic E-state index is 13.8. The fourth-order valence-corrected chi connectivity index (χ4v) is 1.69. The number of hydrogen-bond acceptors (Lipinski definition) is 2. The Morgan fingerprint density at radius 3 is 2.63 bits per heavy atom. The van der Waals surface area contributed by atoms with Crippen LogP contribution in [0.4, 0.5) is 17.6 Å². The third-order valence-electron chi connectivity index (χ3n) is 2.56. The first kappa shape index (κ1) is 13.5. The molecule has 0 spiro atoms. The molecule has 102 valence electrons. The second-order valence-corrected chi connectivity index (χ2v) is 4.02. The molecule has 2 aromatic rings. The first-order valence-electron chi connectivity index (χ1n) is 5.71. The Morgan fingerprint density at radius 1 is 1.26 bits per heavy atom. The van der Waals surface area contributed by atoms with Gasteiger partial charge in [0.15, 0.2) is 5.82 Å². The van der Waals surface area contributed by atoms with Crippen molar-refractivity contribution in [1.82, 2.24) is 15.2 Å². The van der Waals surface area contributed by atoms with Gasteiger partial charge in [0.05, 0.1) is 11.1 Å². The number of nitrogens with zero attached hydrogens (tertiary/aromatic N) is 2. The fraction of sp³-hybridized carbons (Fsp3) is 0.333. The zero-order chi connectivity index (χ0) is 14.0. The smallest absolute Gasteiger partial charge is 0.263 e. The van der Waals surface area contributed by atoms with Crippen LogP contribution in [0.5, 0.6) is 0 Å². The van der Waals surface area contributed by atoms with Gasteiger partial charge >= 0.3 is 6.18 Å². The number of alkyl halides is 3. The van der Waals surface area contributed by atoms with Gasteiger partial charge in [-0.1, -0.05) is 13.0 Å². The number of aromatic amines is 1. The molecule has 3 nitrogen and oxygen atoms in total. The van der Waals surface area contributed by atoms with Crippen LogP contribution in [0.25, 0.3) is 11.4 Å². The molecule has 0 aliphatic heterocycles. The van der Waals surface area contributed by atoms with Gasteiger partial charge in [-0.3, -0.25) is 5.10 Å². The highest BCUT2D eigenvalue weighted by atomic mass is 19.4. The lowest BCUT2D eigenvalue weighted by molar-refractivity contribution is -0.139. The van der Waals surface area contributed by atoms with Crippen molar-refractivity contribution in [2.24, 2.45) is 0 Å². The maximum atomic E-state index is 13.8. The number of hydrogen-bond donors (Lipinski definition) is 1. The molecule has 7 heteroatoms. The van der Waals surface area contributed by atoms with Gasteiger partial charge in [-0.15, -0.1) is 0 Å². The predicted molar refractivity (Wildman–Crippen MR) is 60.8 cm³/mol. The van der Waals surface area contributed by atoms with Gasteiger partial charge in [-0.05, 0) is 18.6 Å². The summed E-state index contributed by atoms with van der Waals surface area (Å²) in [6.07, 6.45) is -3.32. The van der Waals surface area contributed by atoms with Gasteiger partial charge in [-0.2, -0.15) is 18.3 Å². The van der Waals surface area contributed by atoms with E-state index >= 15 is 0 Å². The Balaban J connectivity index is 2.45. The van der Waals surface area contributed by atoms with Gasteiger partial charge in [0, 0.05) is 6.42 Å². The zero-order valence-electron chi connectivity index (χ0n) is 10.1. The van der Waals surface area contributed by atoms with Gasteiger partial charge < -0.3 is 0 Å². The molecule has 0 atom stereocenters. The predicted octanol–water partition coefficient (Wildman–Crippen LogP) is 3.58. The van der Waals surface area contributed by atoms with Gasteiger partial charge in [0.25, 0.3) is 0 Å². The molecule has 1 N–H and O–H groups in total. The maximum Gasteiger partial charge on any atom is 0.419 e. The van der Waals surface area contributed by atoms with Crippen LogP contribution in [0.3, 0.4) is 0 Å². The van der Waals surface area contributed by atoms with Crippen LogP contribution < -0.4 is 0 Å². The molecule has 2 rings (SSSR count). The van der Waals surface area contributed by atoms with E-state index in [4.69, 9.17) is 0 Å². The number of rotatable bonds is 3. The summed E-state index contributed by atoms with van der Waals surface area (Å²) in [6.45, 7) is 1.92. The van der Waals surface area contributed by atoms with Crippen LogP contribution in [0, 0.1) is 5.82 Å². The zero-order valence-corrected chi connectivity index (χ0v) is 10.1. The molecular weight excluding hydrogens is 262 g/mol. The average Bonchev–Trinajstić information content (AvgIpc) is 2.76. The third-order valence-corrected chi connectivity index (χ3v) is 2.56. The lowest BCUT2D eigenvalue weighted by Gasteiger charge is -2.09. The molecule has 0 amide bonds. The minimum Gasteiger partial charge on any atom is -0.263 e. The molecule has 0 fully saturated rings. The minimum absolute atomic E-state index is 0.0629. The first-order valence-corrected chi connectivity index (χ1v) is 5.71. The lowest BCUT2D eigenvalue weighted by Crippen LogP contribution is -2.09. The number of halogens is 4. The Kier molecular flexibility index (Phi) is 3.55. The van der Waals surface area contributed by atoms with E-state index in [2.05, 4.69) is 15.2 Å². The standard InChI is InChI=1S/C12H11F4N3/c1-2-4-9-17-11(19-18-9)7-5-3-6-8(10(7)13)12(14,15)16/h3,5-6H,2,4H2,1H3,(H,17,18,19). The van der Waals surface area contributed by atoms with E-state index in [0.717, 1.165) is 12.5 Å². The van der Waals surface area contributed by atoms with Crippen LogP contribution in [0.1, 0.15) is 24.7 Å². The molecule has 1 aromatic heterocycles. The number of nitrogens with one attached hydrogen (secondary N) is 1. The molecule has 1 aromatic carbocycles. The quantitative estimate of drug-likeness (QED) is 0.868. The Labute approximate surface area is 106 Å². The highest BCUT2D eigenvalue weighted by molar-refractivity contribution is 5.57. The Bertz CT molecular complexity index is 575. The summed E-state index contributed by atoms with van der Waals surface area (Å²) >= 11 is 0. The number of benzene rings is 1. The molecule has 0 unspecified atom stereocenters. The second kappa shape index (κ2) is 4.99. The van der Waals surface area contributed by atoms with Crippen molar-refractivity contribution in [3.63, 3.8) is 0 Å². The monoisotopic (exact) mass is 273 g/mol. The lowest BCUT2D eigenvalue weighted by atomic mass is 10.1. The molecule has 19 heavy (non-hydrogen) atoms. The van der Waals surface area contributed by atoms with Gasteiger partial charge in [-0.25, -0.2) is 9.37 Å². The van der Waals surface area contributed by atoms with Crippen molar-refractivity contribution in [3.8, 4) is 11.4 Å². The molecule has 0 aliphatic carbocycles. The van der Waals surface area contributed by atoms with Crippen molar-refractivity contribution in [3.05, 3.63) is 35.4 Å². The van der Waals surface area contributed by atoms with E-state index in [0.29, 0.717) is 18.3 Å². The molecule has 0 aliphatic rings. The first-order chi connectivity index (χ1) is 8.93. The van der Waals surface area contributed by atoms with Gasteiger partial charge in [0.2, 0.25) is 0 Å². The molecule has 0 saturated carbocycles. The number of aromatic nitrogens is 3. The van der Waals surface area contributed by atoms with E-state index in [1.807, 2.05) is 6.92 Å². The highest BCUT2D eigenvalue weighted by Gasteiger charge is 2.35. The topological polar surface area (TPSA) is 41.6 Å². The second-order valence-electron chi connectivity index (χ2n) is 4.02. The van der Waals surface area contributed by atoms with Crippen molar-refractivity contribution < 1.29 is 17.6 Å². The molecule has 0 saturated heterocycles. The Hall–Kier alpha value is -1.92. The molecule has 1 heterocycles. The molecule has 0 bridgehead atoms. The minimum atomic E-state index is -4.73. The summed E-state index contributed by atoms with van der Waals surface area (Å²) in [5, 5.41) is 6.33.